The molecule has 0 aliphatic carbocycles. The summed E-state index contributed by atoms with van der Waals surface area (Å²) in [6.07, 6.45) is -1.86. The second kappa shape index (κ2) is 16.3. The average Bonchev–Trinajstić information content (AvgIpc) is 2.61. The first kappa shape index (κ1) is 34.8. The molecule has 0 bridgehead atoms. The van der Waals surface area contributed by atoms with E-state index in [2.05, 4.69) is 5.32 Å². The molecule has 1 unspecified atom stereocenters. The summed E-state index contributed by atoms with van der Waals surface area (Å²) in [5, 5.41) is 34.1. The number of hydrogen-bond donors (Lipinski definition) is 4. The van der Waals surface area contributed by atoms with Crippen LogP contribution in [0, 0.1) is 0 Å². The van der Waals surface area contributed by atoms with Gasteiger partial charge in [-0.1, -0.05) is 6.07 Å². The molecule has 0 aromatic heterocycles. The van der Waals surface area contributed by atoms with Gasteiger partial charge in [0, 0.05) is 6.92 Å². The van der Waals surface area contributed by atoms with Crippen LogP contribution >= 0.6 is 7.75 Å². The maximum Gasteiger partial charge on any atom is 1.00 e. The Bertz CT molecular complexity index is 842. The Balaban J connectivity index is 0. The Morgan fingerprint density at radius 3 is 2.25 bits per heavy atom. The van der Waals surface area contributed by atoms with Crippen LogP contribution in [0.5, 0.6) is 11.5 Å². The van der Waals surface area contributed by atoms with Crippen molar-refractivity contribution in [1.82, 2.24) is 10.4 Å². The van der Waals surface area contributed by atoms with Crippen molar-refractivity contribution in [3.8, 4) is 11.5 Å². The van der Waals surface area contributed by atoms with Gasteiger partial charge < -0.3 is 39.6 Å². The fraction of sp³-hybridized carbons (Fsp3) is 0.471. The van der Waals surface area contributed by atoms with Crippen molar-refractivity contribution in [3.63, 3.8) is 0 Å². The molecule has 168 valence electrons. The molecule has 32 heavy (non-hydrogen) atoms. The Hall–Kier alpha value is 0.613. The maximum atomic E-state index is 12.3. The predicted molar refractivity (Wildman–Crippen MR) is 97.8 cm³/mol. The van der Waals surface area contributed by atoms with Gasteiger partial charge in [-0.05, 0) is 38.0 Å². The van der Waals surface area contributed by atoms with Crippen LogP contribution in [-0.2, 0) is 34.6 Å². The van der Waals surface area contributed by atoms with Crippen molar-refractivity contribution >= 4 is 25.6 Å². The van der Waals surface area contributed by atoms with E-state index >= 15 is 0 Å². The van der Waals surface area contributed by atoms with Gasteiger partial charge in [0.1, 0.15) is 0 Å². The molecule has 12 nitrogen and oxygen atoms in total. The largest absolute Gasteiger partial charge is 1.00 e. The number of carbonyl (C=O) groups excluding carboxylic acids is 3. The molecule has 0 aliphatic rings. The van der Waals surface area contributed by atoms with Crippen LogP contribution < -0.4 is 123 Å². The number of phenols is 2. The van der Waals surface area contributed by atoms with Gasteiger partial charge in [-0.15, -0.1) is 0 Å². The number of carboxylic acid groups (broad SMARTS) is 1. The molecule has 0 saturated carbocycles. The van der Waals surface area contributed by atoms with Crippen molar-refractivity contribution in [2.24, 2.45) is 0 Å². The summed E-state index contributed by atoms with van der Waals surface area (Å²) in [4.78, 5) is 46.9. The first-order chi connectivity index (χ1) is 13.9. The number of esters is 1. The normalized spacial score (nSPS) is 15.0. The van der Waals surface area contributed by atoms with E-state index in [4.69, 9.17) is 9.26 Å². The summed E-state index contributed by atoms with van der Waals surface area (Å²) >= 11 is 0. The van der Waals surface area contributed by atoms with E-state index in [1.165, 1.54) is 19.9 Å². The number of carbonyl (C=O) groups is 3. The van der Waals surface area contributed by atoms with E-state index in [1.807, 2.05) is 0 Å². The third-order valence-electron chi connectivity index (χ3n) is 3.75. The van der Waals surface area contributed by atoms with E-state index in [0.29, 0.717) is 0 Å². The number of benzene rings is 1. The van der Waals surface area contributed by atoms with Crippen LogP contribution in [0.15, 0.2) is 18.2 Å². The molecular formula is C17H23K2N2O10P. The minimum atomic E-state index is -5.06. The van der Waals surface area contributed by atoms with Gasteiger partial charge >= 0.3 is 109 Å². The van der Waals surface area contributed by atoms with E-state index in [1.54, 1.807) is 5.09 Å². The number of rotatable bonds is 11. The molecule has 0 fully saturated rings. The average molecular weight is 525 g/mol. The molecule has 4 atom stereocenters. The van der Waals surface area contributed by atoms with Crippen molar-refractivity contribution in [1.29, 1.82) is 0 Å². The van der Waals surface area contributed by atoms with Gasteiger partial charge in [-0.25, -0.2) is 9.88 Å². The van der Waals surface area contributed by atoms with Crippen molar-refractivity contribution in [3.05, 3.63) is 23.8 Å². The summed E-state index contributed by atoms with van der Waals surface area (Å²) in [5.74, 6) is -4.31. The molecular weight excluding hydrogens is 501 g/mol. The second-order valence-electron chi connectivity index (χ2n) is 6.27. The smallest absolute Gasteiger partial charge is 0.766 e. The van der Waals surface area contributed by atoms with Crippen LogP contribution in [0.25, 0.3) is 0 Å². The van der Waals surface area contributed by atoms with Crippen LogP contribution in [0.1, 0.15) is 26.3 Å². The number of nitrogens with one attached hydrogen (secondary N) is 2. The third-order valence-corrected chi connectivity index (χ3v) is 4.99. The summed E-state index contributed by atoms with van der Waals surface area (Å²) in [6, 6.07) is 0.191. The topological polar surface area (TPSA) is 197 Å². The molecule has 0 heterocycles. The monoisotopic (exact) mass is 524 g/mol. The molecule has 0 radical (unpaired) electrons. The molecule has 1 amide bonds. The van der Waals surface area contributed by atoms with Gasteiger partial charge in [-0.3, -0.25) is 9.36 Å². The Labute approximate surface area is 270 Å². The van der Waals surface area contributed by atoms with E-state index in [9.17, 15) is 39.2 Å². The number of aliphatic carboxylic acids is 1. The summed E-state index contributed by atoms with van der Waals surface area (Å²) < 4.78 is 21.9. The predicted octanol–water partition coefficient (Wildman–Crippen LogP) is -7.70. The molecule has 1 aromatic rings. The molecule has 4 N–H and O–H groups in total. The molecule has 15 heteroatoms. The summed E-state index contributed by atoms with van der Waals surface area (Å²) in [7, 11) is -5.06. The zero-order chi connectivity index (χ0) is 23.1. The van der Waals surface area contributed by atoms with Crippen molar-refractivity contribution in [2.75, 3.05) is 6.61 Å². The maximum absolute atomic E-state index is 12.3. The Morgan fingerprint density at radius 2 is 1.78 bits per heavy atom. The van der Waals surface area contributed by atoms with Crippen LogP contribution in [-0.4, -0.2) is 52.9 Å². The quantitative estimate of drug-likeness (QED) is 0.0928. The zero-order valence-electron chi connectivity index (χ0n) is 18.5. The second-order valence-corrected chi connectivity index (χ2v) is 7.73. The first-order valence-electron chi connectivity index (χ1n) is 8.79. The third kappa shape index (κ3) is 12.4. The molecule has 1 rings (SSSR count). The number of ether oxygens (including phenoxy) is 1. The van der Waals surface area contributed by atoms with Gasteiger partial charge in [-0.2, -0.15) is 0 Å². The number of aromatic hydroxyl groups is 2. The number of hydrogen-bond acceptors (Lipinski definition) is 10. The molecule has 0 aliphatic heterocycles. The van der Waals surface area contributed by atoms with Crippen molar-refractivity contribution in [2.45, 2.75) is 45.4 Å². The number of phenolic OH excluding ortho intramolecular Hbond substituents is 2. The van der Waals surface area contributed by atoms with Crippen LogP contribution in [0.2, 0.25) is 0 Å². The Morgan fingerprint density at radius 1 is 1.19 bits per heavy atom. The van der Waals surface area contributed by atoms with Crippen LogP contribution in [0.3, 0.4) is 0 Å². The van der Waals surface area contributed by atoms with Gasteiger partial charge in [0.05, 0.1) is 24.7 Å². The van der Waals surface area contributed by atoms with Gasteiger partial charge in [0.2, 0.25) is 13.7 Å². The molecule has 1 aromatic carbocycles. The summed E-state index contributed by atoms with van der Waals surface area (Å²) in [5.41, 5.74) is 0.183. The van der Waals surface area contributed by atoms with Crippen LogP contribution in [0.4, 0.5) is 0 Å². The van der Waals surface area contributed by atoms with Gasteiger partial charge in [0.15, 0.2) is 17.5 Å². The van der Waals surface area contributed by atoms with Gasteiger partial charge in [0.25, 0.3) is 0 Å². The standard InChI is InChI=1S/C17H25N2O10P.2K/c1-4-28-17(25)15(18-10(3)20)9(2)29-30(26,27)19-12(16(23)24)7-11-5-6-13(21)14(22)8-11;;/h5-6,8-9,12,15,21-22H,4,7H2,1-3H3,(H,18,20)(H,23,24)(H2,19,26,27);;/q;2*+1/p-2/t9-,12+,15+;;/m1../s1. The van der Waals surface area contributed by atoms with E-state index in [0.717, 1.165) is 19.1 Å². The Kier molecular flexibility index (Phi) is 17.7. The van der Waals surface area contributed by atoms with E-state index in [-0.39, 0.29) is 115 Å². The first-order valence-corrected chi connectivity index (χ1v) is 10.3. The fourth-order valence-corrected chi connectivity index (χ4v) is 3.63. The number of carboxylic acids is 1. The SMILES string of the molecule is CCOC(=O)[C@@H](NC(C)=O)[C@@H](C)OP(=O)([O-])N[C@@H](Cc1ccc(O)c(O)c1)C(=O)[O-].[K+].[K+]. The molecule has 0 saturated heterocycles. The minimum absolute atomic E-state index is 0. The van der Waals surface area contributed by atoms with E-state index < -0.39 is 61.7 Å². The van der Waals surface area contributed by atoms with Crippen molar-refractivity contribution < 1.29 is 151 Å². The molecule has 0 spiro atoms. The fourth-order valence-electron chi connectivity index (χ4n) is 2.43. The number of amides is 1. The summed E-state index contributed by atoms with van der Waals surface area (Å²) in [6.45, 7) is 3.77. The zero-order valence-corrected chi connectivity index (χ0v) is 25.6. The minimum Gasteiger partial charge on any atom is -0.766 e.